The summed E-state index contributed by atoms with van der Waals surface area (Å²) in [5.74, 6) is 0. The summed E-state index contributed by atoms with van der Waals surface area (Å²) in [6.45, 7) is 2.37. The van der Waals surface area contributed by atoms with Crippen LogP contribution in [-0.4, -0.2) is 32.5 Å². The molecule has 0 aromatic carbocycles. The SMILES string of the molecule is CN1BNCC1. The lowest BCUT2D eigenvalue weighted by Gasteiger charge is -1.98. The lowest BCUT2D eigenvalue weighted by molar-refractivity contribution is 0.589. The van der Waals surface area contributed by atoms with Crippen molar-refractivity contribution in [2.45, 2.75) is 0 Å². The van der Waals surface area contributed by atoms with Gasteiger partial charge >= 0.3 is 0 Å². The molecular weight excluding hydrogens is 74.9 g/mol. The van der Waals surface area contributed by atoms with Crippen molar-refractivity contribution in [2.24, 2.45) is 0 Å². The predicted octanol–water partition coefficient (Wildman–Crippen LogP) is -1.21. The van der Waals surface area contributed by atoms with Crippen molar-refractivity contribution >= 4 is 7.55 Å². The Labute approximate surface area is 38.8 Å². The Balaban J connectivity index is 2.18. The average molecular weight is 83.9 g/mol. The fourth-order valence-corrected chi connectivity index (χ4v) is 0.619. The highest BCUT2D eigenvalue weighted by Crippen LogP contribution is 1.79. The van der Waals surface area contributed by atoms with Crippen molar-refractivity contribution in [1.29, 1.82) is 0 Å². The predicted molar refractivity (Wildman–Crippen MR) is 27.8 cm³/mol. The minimum absolute atomic E-state index is 1.07. The van der Waals surface area contributed by atoms with Crippen molar-refractivity contribution in [3.05, 3.63) is 0 Å². The fourth-order valence-electron chi connectivity index (χ4n) is 0.619. The maximum atomic E-state index is 3.20. The maximum Gasteiger partial charge on any atom is 0.288 e. The van der Waals surface area contributed by atoms with Gasteiger partial charge in [-0.3, -0.25) is 0 Å². The van der Waals surface area contributed by atoms with E-state index >= 15 is 0 Å². The molecule has 1 aliphatic rings. The van der Waals surface area contributed by atoms with Gasteiger partial charge in [-0.2, -0.15) is 0 Å². The summed E-state index contributed by atoms with van der Waals surface area (Å²) in [6.07, 6.45) is 0. The molecule has 34 valence electrons. The van der Waals surface area contributed by atoms with Gasteiger partial charge in [0.2, 0.25) is 0 Å². The molecule has 3 heteroatoms. The molecule has 0 aromatic heterocycles. The van der Waals surface area contributed by atoms with Crippen LogP contribution in [0.25, 0.3) is 0 Å². The summed E-state index contributed by atoms with van der Waals surface area (Å²) in [5, 5.41) is 3.20. The molecule has 1 saturated heterocycles. The Morgan fingerprint density at radius 3 is 2.83 bits per heavy atom. The van der Waals surface area contributed by atoms with Crippen LogP contribution in [0.1, 0.15) is 0 Å². The van der Waals surface area contributed by atoms with Crippen LogP contribution in [0.15, 0.2) is 0 Å². The Hall–Kier alpha value is -0.0151. The summed E-state index contributed by atoms with van der Waals surface area (Å²) in [6, 6.07) is 0. The van der Waals surface area contributed by atoms with Gasteiger partial charge in [-0.1, -0.05) is 0 Å². The van der Waals surface area contributed by atoms with Crippen LogP contribution in [-0.2, 0) is 0 Å². The van der Waals surface area contributed by atoms with Crippen LogP contribution in [0.2, 0.25) is 0 Å². The summed E-state index contributed by atoms with van der Waals surface area (Å²) >= 11 is 0. The van der Waals surface area contributed by atoms with Gasteiger partial charge in [-0.25, -0.2) is 0 Å². The highest BCUT2D eigenvalue weighted by Gasteiger charge is 2.04. The largest absolute Gasteiger partial charge is 0.344 e. The van der Waals surface area contributed by atoms with Gasteiger partial charge in [0.05, 0.1) is 0 Å². The zero-order chi connectivity index (χ0) is 4.41. The summed E-state index contributed by atoms with van der Waals surface area (Å²) in [5.41, 5.74) is 0. The van der Waals surface area contributed by atoms with Crippen molar-refractivity contribution < 1.29 is 0 Å². The van der Waals surface area contributed by atoms with Crippen molar-refractivity contribution in [3.8, 4) is 0 Å². The van der Waals surface area contributed by atoms with E-state index in [-0.39, 0.29) is 0 Å². The van der Waals surface area contributed by atoms with Gasteiger partial charge < -0.3 is 10.0 Å². The molecule has 0 aliphatic carbocycles. The van der Waals surface area contributed by atoms with E-state index < -0.39 is 0 Å². The molecule has 1 aliphatic heterocycles. The average Bonchev–Trinajstić information content (AvgIpc) is 1.86. The molecule has 0 bridgehead atoms. The molecule has 0 amide bonds. The highest BCUT2D eigenvalue weighted by molar-refractivity contribution is 6.29. The first-order chi connectivity index (χ1) is 2.89. The molecule has 1 heterocycles. The van der Waals surface area contributed by atoms with Gasteiger partial charge in [0.25, 0.3) is 7.55 Å². The van der Waals surface area contributed by atoms with Crippen LogP contribution in [0, 0.1) is 0 Å². The molecule has 0 saturated carbocycles. The van der Waals surface area contributed by atoms with Gasteiger partial charge in [0.1, 0.15) is 0 Å². The Morgan fingerprint density at radius 1 is 1.83 bits per heavy atom. The van der Waals surface area contributed by atoms with Crippen LogP contribution < -0.4 is 5.23 Å². The highest BCUT2D eigenvalue weighted by atomic mass is 15.1. The van der Waals surface area contributed by atoms with Crippen molar-refractivity contribution in [1.82, 2.24) is 10.0 Å². The van der Waals surface area contributed by atoms with Crippen molar-refractivity contribution in [3.63, 3.8) is 0 Å². The number of rotatable bonds is 0. The molecular formula is C3H9BN2. The molecule has 1 N–H and O–H groups in total. The van der Waals surface area contributed by atoms with E-state index in [1.165, 1.54) is 6.54 Å². The lowest BCUT2D eigenvalue weighted by Crippen LogP contribution is -2.20. The zero-order valence-electron chi connectivity index (χ0n) is 4.07. The van der Waals surface area contributed by atoms with Gasteiger partial charge in [0.15, 0.2) is 0 Å². The number of nitrogens with one attached hydrogen (secondary N) is 1. The van der Waals surface area contributed by atoms with Crippen LogP contribution in [0.3, 0.4) is 0 Å². The zero-order valence-corrected chi connectivity index (χ0v) is 4.07. The molecule has 0 atom stereocenters. The quantitative estimate of drug-likeness (QED) is 0.370. The third-order valence-electron chi connectivity index (χ3n) is 1.05. The maximum absolute atomic E-state index is 3.20. The summed E-state index contributed by atoms with van der Waals surface area (Å²) in [7, 11) is 3.18. The molecule has 1 fully saturated rings. The van der Waals surface area contributed by atoms with Crippen LogP contribution in [0.4, 0.5) is 0 Å². The second kappa shape index (κ2) is 1.62. The Morgan fingerprint density at radius 2 is 2.67 bits per heavy atom. The smallest absolute Gasteiger partial charge is 0.288 e. The summed E-state index contributed by atoms with van der Waals surface area (Å²) in [4.78, 5) is 2.25. The Bertz CT molecular complexity index is 42.1. The minimum atomic E-state index is 1.07. The number of hydrogen-bond donors (Lipinski definition) is 1. The standard InChI is InChI=1S/C3H9BN2/c1-6-3-2-5-4-6/h4-5H,2-3H2,1H3. The second-order valence-corrected chi connectivity index (χ2v) is 1.74. The van der Waals surface area contributed by atoms with E-state index in [1.807, 2.05) is 0 Å². The van der Waals surface area contributed by atoms with Crippen LogP contribution in [0.5, 0.6) is 0 Å². The van der Waals surface area contributed by atoms with E-state index in [0.29, 0.717) is 0 Å². The van der Waals surface area contributed by atoms with Gasteiger partial charge in [-0.15, -0.1) is 0 Å². The van der Waals surface area contributed by atoms with Crippen LogP contribution >= 0.6 is 0 Å². The molecule has 6 heavy (non-hydrogen) atoms. The monoisotopic (exact) mass is 84.1 g/mol. The van der Waals surface area contributed by atoms with E-state index in [4.69, 9.17) is 0 Å². The first-order valence-electron chi connectivity index (χ1n) is 2.29. The molecule has 0 radical (unpaired) electrons. The number of nitrogens with zero attached hydrogens (tertiary/aromatic N) is 1. The molecule has 0 unspecified atom stereocenters. The minimum Gasteiger partial charge on any atom is -0.344 e. The van der Waals surface area contributed by atoms with E-state index in [1.54, 1.807) is 0 Å². The topological polar surface area (TPSA) is 15.3 Å². The summed E-state index contributed by atoms with van der Waals surface area (Å²) < 4.78 is 0. The fraction of sp³-hybridized carbons (Fsp3) is 1.00. The Kier molecular flexibility index (Phi) is 1.12. The molecule has 0 aromatic rings. The molecule has 1 rings (SSSR count). The third kappa shape index (κ3) is 0.728. The third-order valence-corrected chi connectivity index (χ3v) is 1.05. The van der Waals surface area contributed by atoms with E-state index in [0.717, 1.165) is 14.1 Å². The first kappa shape index (κ1) is 4.15. The van der Waals surface area contributed by atoms with E-state index in [2.05, 4.69) is 17.1 Å². The lowest BCUT2D eigenvalue weighted by atomic mass is 10.2. The van der Waals surface area contributed by atoms with E-state index in [9.17, 15) is 0 Å². The van der Waals surface area contributed by atoms with Crippen molar-refractivity contribution in [2.75, 3.05) is 20.1 Å². The normalized spacial score (nSPS) is 24.2. The second-order valence-electron chi connectivity index (χ2n) is 1.74. The number of hydrogen-bond acceptors (Lipinski definition) is 2. The molecule has 0 spiro atoms. The van der Waals surface area contributed by atoms with Gasteiger partial charge in [0, 0.05) is 0 Å². The first-order valence-corrected chi connectivity index (χ1v) is 2.29. The van der Waals surface area contributed by atoms with Gasteiger partial charge in [-0.05, 0) is 20.1 Å². The molecule has 2 nitrogen and oxygen atoms in total. The number of likely N-dealkylation sites (N-methyl/N-ethyl adjacent to an activating group) is 1.